The average molecular weight is 181 g/mol. The molecule has 2 N–H and O–H groups in total. The molecule has 0 spiro atoms. The van der Waals surface area contributed by atoms with Gasteiger partial charge in [0.2, 0.25) is 0 Å². The number of carbonyl (C=O) groups excluding carboxylic acids is 1. The SMILES string of the molecule is O=C(CO)C1=CCC[C@H]2CC[C@H]1N2. The third kappa shape index (κ3) is 1.67. The Kier molecular flexibility index (Phi) is 2.47. The molecule has 3 nitrogen and oxygen atoms in total. The van der Waals surface area contributed by atoms with Crippen LogP contribution in [-0.4, -0.2) is 29.6 Å². The highest BCUT2D eigenvalue weighted by Crippen LogP contribution is 2.26. The number of fused-ring (bicyclic) bond motifs is 2. The minimum atomic E-state index is -0.353. The summed E-state index contributed by atoms with van der Waals surface area (Å²) in [5, 5.41) is 12.2. The van der Waals surface area contributed by atoms with Crippen LogP contribution in [0.5, 0.6) is 0 Å². The van der Waals surface area contributed by atoms with Crippen molar-refractivity contribution in [3.63, 3.8) is 0 Å². The number of carbonyl (C=O) groups is 1. The molecule has 0 aromatic rings. The van der Waals surface area contributed by atoms with Crippen LogP contribution in [-0.2, 0) is 4.79 Å². The Morgan fingerprint density at radius 1 is 1.54 bits per heavy atom. The van der Waals surface area contributed by atoms with E-state index in [2.05, 4.69) is 5.32 Å². The molecule has 2 atom stereocenters. The first kappa shape index (κ1) is 8.91. The Morgan fingerprint density at radius 3 is 3.15 bits per heavy atom. The Hall–Kier alpha value is -0.670. The van der Waals surface area contributed by atoms with Crippen molar-refractivity contribution in [2.24, 2.45) is 0 Å². The summed E-state index contributed by atoms with van der Waals surface area (Å²) in [4.78, 5) is 11.3. The molecule has 0 unspecified atom stereocenters. The summed E-state index contributed by atoms with van der Waals surface area (Å²) in [7, 11) is 0. The third-order valence-corrected chi connectivity index (χ3v) is 2.96. The molecule has 72 valence electrons. The van der Waals surface area contributed by atoms with Gasteiger partial charge in [0.25, 0.3) is 0 Å². The van der Waals surface area contributed by atoms with Crippen molar-refractivity contribution in [3.8, 4) is 0 Å². The van der Waals surface area contributed by atoms with E-state index >= 15 is 0 Å². The highest BCUT2D eigenvalue weighted by Gasteiger charge is 2.30. The molecule has 1 fully saturated rings. The van der Waals surface area contributed by atoms with E-state index < -0.39 is 0 Å². The van der Waals surface area contributed by atoms with E-state index in [9.17, 15) is 4.79 Å². The molecule has 2 heterocycles. The summed E-state index contributed by atoms with van der Waals surface area (Å²) in [5.74, 6) is -0.111. The van der Waals surface area contributed by atoms with Gasteiger partial charge in [0.15, 0.2) is 5.78 Å². The Morgan fingerprint density at radius 2 is 2.38 bits per heavy atom. The maximum absolute atomic E-state index is 11.3. The molecular formula is C10H15NO2. The number of aliphatic hydroxyl groups is 1. The largest absolute Gasteiger partial charge is 0.388 e. The molecule has 0 aliphatic carbocycles. The summed E-state index contributed by atoms with van der Waals surface area (Å²) < 4.78 is 0. The fourth-order valence-electron chi connectivity index (χ4n) is 2.27. The Balaban J connectivity index is 2.16. The van der Waals surface area contributed by atoms with E-state index in [0.717, 1.165) is 24.8 Å². The molecule has 13 heavy (non-hydrogen) atoms. The van der Waals surface area contributed by atoms with Gasteiger partial charge in [0.05, 0.1) is 0 Å². The van der Waals surface area contributed by atoms with Crippen LogP contribution >= 0.6 is 0 Å². The minimum Gasteiger partial charge on any atom is -0.388 e. The van der Waals surface area contributed by atoms with Crippen molar-refractivity contribution in [1.82, 2.24) is 5.32 Å². The van der Waals surface area contributed by atoms with Crippen LogP contribution in [0.3, 0.4) is 0 Å². The van der Waals surface area contributed by atoms with Gasteiger partial charge in [-0.15, -0.1) is 0 Å². The lowest BCUT2D eigenvalue weighted by Gasteiger charge is -2.12. The van der Waals surface area contributed by atoms with Crippen LogP contribution in [0.25, 0.3) is 0 Å². The monoisotopic (exact) mass is 181 g/mol. The first-order valence-electron chi connectivity index (χ1n) is 4.91. The topological polar surface area (TPSA) is 49.3 Å². The number of rotatable bonds is 2. The lowest BCUT2D eigenvalue weighted by atomic mass is 9.97. The van der Waals surface area contributed by atoms with Crippen LogP contribution in [0, 0.1) is 0 Å². The van der Waals surface area contributed by atoms with Gasteiger partial charge in [0.1, 0.15) is 6.61 Å². The summed E-state index contributed by atoms with van der Waals surface area (Å²) in [5.41, 5.74) is 0.808. The van der Waals surface area contributed by atoms with Gasteiger partial charge in [-0.1, -0.05) is 6.08 Å². The Labute approximate surface area is 77.8 Å². The summed E-state index contributed by atoms with van der Waals surface area (Å²) >= 11 is 0. The number of allylic oxidation sites excluding steroid dienone is 1. The molecule has 2 aliphatic heterocycles. The number of nitrogens with one attached hydrogen (secondary N) is 1. The zero-order valence-electron chi connectivity index (χ0n) is 7.62. The third-order valence-electron chi connectivity index (χ3n) is 2.96. The van der Waals surface area contributed by atoms with Gasteiger partial charge in [-0.05, 0) is 25.7 Å². The second-order valence-corrected chi connectivity index (χ2v) is 3.81. The molecule has 3 heteroatoms. The van der Waals surface area contributed by atoms with Gasteiger partial charge < -0.3 is 10.4 Å². The molecule has 0 amide bonds. The average Bonchev–Trinajstić information content (AvgIpc) is 2.46. The van der Waals surface area contributed by atoms with Crippen LogP contribution in [0.4, 0.5) is 0 Å². The van der Waals surface area contributed by atoms with E-state index in [1.165, 1.54) is 6.42 Å². The van der Waals surface area contributed by atoms with E-state index in [1.54, 1.807) is 0 Å². The van der Waals surface area contributed by atoms with E-state index in [-0.39, 0.29) is 18.4 Å². The normalized spacial score (nSPS) is 32.5. The predicted octanol–water partition coefficient (Wildman–Crippen LogP) is 0.389. The number of hydrogen-bond donors (Lipinski definition) is 2. The van der Waals surface area contributed by atoms with E-state index in [1.807, 2.05) is 6.08 Å². The first-order valence-corrected chi connectivity index (χ1v) is 4.91. The molecule has 2 aliphatic rings. The smallest absolute Gasteiger partial charge is 0.185 e. The van der Waals surface area contributed by atoms with Gasteiger partial charge >= 0.3 is 0 Å². The molecule has 1 saturated heterocycles. The van der Waals surface area contributed by atoms with Crippen LogP contribution in [0.15, 0.2) is 11.6 Å². The lowest BCUT2D eigenvalue weighted by molar-refractivity contribution is -0.118. The van der Waals surface area contributed by atoms with Crippen molar-refractivity contribution in [2.45, 2.75) is 37.8 Å². The second kappa shape index (κ2) is 3.60. The standard InChI is InChI=1S/C10H15NO2/c12-6-10(13)8-3-1-2-7-4-5-9(8)11-7/h3,7,9,11-12H,1-2,4-6H2/t7-,9+/m0/s1. The molecule has 0 aromatic carbocycles. The number of aliphatic hydroxyl groups excluding tert-OH is 1. The van der Waals surface area contributed by atoms with Gasteiger partial charge in [0, 0.05) is 17.7 Å². The summed E-state index contributed by atoms with van der Waals surface area (Å²) in [6.45, 7) is -0.353. The highest BCUT2D eigenvalue weighted by molar-refractivity contribution is 5.97. The van der Waals surface area contributed by atoms with Crippen molar-refractivity contribution < 1.29 is 9.90 Å². The van der Waals surface area contributed by atoms with Gasteiger partial charge in [-0.25, -0.2) is 0 Å². The van der Waals surface area contributed by atoms with Crippen LogP contribution in [0.1, 0.15) is 25.7 Å². The summed E-state index contributed by atoms with van der Waals surface area (Å²) in [6, 6.07) is 0.803. The molecule has 0 radical (unpaired) electrons. The first-order chi connectivity index (χ1) is 6.31. The van der Waals surface area contributed by atoms with Crippen LogP contribution in [0.2, 0.25) is 0 Å². The molecule has 0 saturated carbocycles. The van der Waals surface area contributed by atoms with Crippen molar-refractivity contribution in [1.29, 1.82) is 0 Å². The predicted molar refractivity (Wildman–Crippen MR) is 49.4 cm³/mol. The number of Topliss-reactive ketones (excluding diaryl/α,β-unsaturated/α-hetero) is 1. The Bertz CT molecular complexity index is 247. The van der Waals surface area contributed by atoms with Gasteiger partial charge in [-0.2, -0.15) is 0 Å². The van der Waals surface area contributed by atoms with Crippen molar-refractivity contribution in [2.75, 3.05) is 6.61 Å². The molecule has 0 aromatic heterocycles. The van der Waals surface area contributed by atoms with Gasteiger partial charge in [-0.3, -0.25) is 4.79 Å². The summed E-state index contributed by atoms with van der Waals surface area (Å²) in [6.07, 6.45) is 6.30. The molecular weight excluding hydrogens is 166 g/mol. The number of hydrogen-bond acceptors (Lipinski definition) is 3. The maximum Gasteiger partial charge on any atom is 0.185 e. The quantitative estimate of drug-likeness (QED) is 0.648. The fraction of sp³-hybridized carbons (Fsp3) is 0.700. The van der Waals surface area contributed by atoms with Crippen molar-refractivity contribution in [3.05, 3.63) is 11.6 Å². The fourth-order valence-corrected chi connectivity index (χ4v) is 2.27. The van der Waals surface area contributed by atoms with E-state index in [4.69, 9.17) is 5.11 Å². The zero-order valence-corrected chi connectivity index (χ0v) is 7.62. The number of ketones is 1. The van der Waals surface area contributed by atoms with Crippen molar-refractivity contribution >= 4 is 5.78 Å². The minimum absolute atomic E-state index is 0.111. The lowest BCUT2D eigenvalue weighted by Crippen LogP contribution is -2.32. The highest BCUT2D eigenvalue weighted by atomic mass is 16.3. The second-order valence-electron chi connectivity index (χ2n) is 3.81. The molecule has 2 bridgehead atoms. The zero-order chi connectivity index (χ0) is 9.26. The van der Waals surface area contributed by atoms with E-state index in [0.29, 0.717) is 6.04 Å². The van der Waals surface area contributed by atoms with Crippen LogP contribution < -0.4 is 5.32 Å². The maximum atomic E-state index is 11.3. The molecule has 2 rings (SSSR count).